The van der Waals surface area contributed by atoms with Crippen LogP contribution in [0.3, 0.4) is 0 Å². The van der Waals surface area contributed by atoms with Gasteiger partial charge < -0.3 is 10.2 Å². The van der Waals surface area contributed by atoms with E-state index in [2.05, 4.69) is 24.4 Å². The van der Waals surface area contributed by atoms with Gasteiger partial charge >= 0.3 is 0 Å². The van der Waals surface area contributed by atoms with Gasteiger partial charge in [-0.3, -0.25) is 9.59 Å². The van der Waals surface area contributed by atoms with Crippen LogP contribution in [0.15, 0.2) is 72.8 Å². The molecule has 0 heterocycles. The molecule has 0 fully saturated rings. The van der Waals surface area contributed by atoms with Gasteiger partial charge in [0.2, 0.25) is 11.8 Å². The van der Waals surface area contributed by atoms with Crippen LogP contribution in [0.25, 0.3) is 0 Å². The zero-order valence-electron chi connectivity index (χ0n) is 21.5. The first-order valence-electron chi connectivity index (χ1n) is 12.4. The average Bonchev–Trinajstić information content (AvgIpc) is 2.87. The van der Waals surface area contributed by atoms with Gasteiger partial charge in [0.15, 0.2) is 0 Å². The van der Waals surface area contributed by atoms with Gasteiger partial charge in [0.1, 0.15) is 6.04 Å². The van der Waals surface area contributed by atoms with Crippen molar-refractivity contribution in [3.8, 4) is 0 Å². The van der Waals surface area contributed by atoms with Crippen LogP contribution in [0.2, 0.25) is 10.0 Å². The van der Waals surface area contributed by atoms with Crippen LogP contribution in [0, 0.1) is 12.8 Å². The Morgan fingerprint density at radius 2 is 1.57 bits per heavy atom. The number of nitrogens with one attached hydrogen (secondary N) is 1. The van der Waals surface area contributed by atoms with Crippen molar-refractivity contribution in [2.24, 2.45) is 5.92 Å². The lowest BCUT2D eigenvalue weighted by Gasteiger charge is -2.32. The second-order valence-electron chi connectivity index (χ2n) is 9.49. The molecule has 3 aromatic carbocycles. The number of halogens is 2. The van der Waals surface area contributed by atoms with E-state index in [0.29, 0.717) is 34.3 Å². The summed E-state index contributed by atoms with van der Waals surface area (Å²) < 4.78 is 0. The molecule has 0 unspecified atom stereocenters. The molecule has 1 atom stereocenters. The van der Waals surface area contributed by atoms with Crippen LogP contribution in [-0.4, -0.2) is 35.1 Å². The quantitative estimate of drug-likeness (QED) is 0.262. The summed E-state index contributed by atoms with van der Waals surface area (Å²) in [4.78, 5) is 28.9. The van der Waals surface area contributed by atoms with E-state index in [-0.39, 0.29) is 30.0 Å². The summed E-state index contributed by atoms with van der Waals surface area (Å²) in [6.07, 6.45) is 0.390. The number of rotatable bonds is 12. The fourth-order valence-corrected chi connectivity index (χ4v) is 5.44. The molecule has 7 heteroatoms. The lowest BCUT2D eigenvalue weighted by atomic mass is 10.0. The largest absolute Gasteiger partial charge is 0.354 e. The Balaban J connectivity index is 1.90. The van der Waals surface area contributed by atoms with Crippen molar-refractivity contribution in [2.75, 3.05) is 12.3 Å². The summed E-state index contributed by atoms with van der Waals surface area (Å²) in [6.45, 7) is 6.83. The number of carbonyl (C=O) groups is 2. The summed E-state index contributed by atoms with van der Waals surface area (Å²) in [7, 11) is 0. The minimum atomic E-state index is -0.708. The SMILES string of the molecule is Cc1ccccc1CSCC(=O)N(Cc1c(Cl)cccc1Cl)[C@H](Cc1ccccc1)C(=O)NCC(C)C. The molecule has 0 saturated carbocycles. The van der Waals surface area contributed by atoms with Crippen molar-refractivity contribution in [1.82, 2.24) is 10.2 Å². The van der Waals surface area contributed by atoms with Crippen LogP contribution in [0.1, 0.15) is 36.1 Å². The summed E-state index contributed by atoms with van der Waals surface area (Å²) in [6, 6.07) is 22.5. The topological polar surface area (TPSA) is 49.4 Å². The number of benzene rings is 3. The summed E-state index contributed by atoms with van der Waals surface area (Å²) >= 11 is 14.5. The third-order valence-electron chi connectivity index (χ3n) is 6.09. The first-order chi connectivity index (χ1) is 17.8. The number of carbonyl (C=O) groups excluding carboxylic acids is 2. The molecular weight excluding hydrogens is 523 g/mol. The lowest BCUT2D eigenvalue weighted by Crippen LogP contribution is -2.51. The highest BCUT2D eigenvalue weighted by atomic mass is 35.5. The number of aryl methyl sites for hydroxylation is 1. The van der Waals surface area contributed by atoms with Gasteiger partial charge in [0.25, 0.3) is 0 Å². The second-order valence-corrected chi connectivity index (χ2v) is 11.3. The van der Waals surface area contributed by atoms with Crippen molar-refractivity contribution in [1.29, 1.82) is 0 Å². The zero-order valence-corrected chi connectivity index (χ0v) is 23.9. The third kappa shape index (κ3) is 8.80. The second kappa shape index (κ2) is 14.5. The maximum atomic E-state index is 13.8. The van der Waals surface area contributed by atoms with Crippen molar-refractivity contribution in [2.45, 2.75) is 45.5 Å². The van der Waals surface area contributed by atoms with Gasteiger partial charge in [-0.05, 0) is 41.7 Å². The smallest absolute Gasteiger partial charge is 0.243 e. The van der Waals surface area contributed by atoms with E-state index in [0.717, 1.165) is 5.56 Å². The van der Waals surface area contributed by atoms with Crippen molar-refractivity contribution >= 4 is 46.8 Å². The monoisotopic (exact) mass is 556 g/mol. The van der Waals surface area contributed by atoms with Crippen LogP contribution < -0.4 is 5.32 Å². The standard InChI is InChI=1S/C30H34Cl2N2O2S/c1-21(2)17-33-30(36)28(16-23-11-5-4-6-12-23)34(18-25-26(31)14-9-15-27(25)32)29(35)20-37-19-24-13-8-7-10-22(24)3/h4-15,21,28H,16-20H2,1-3H3,(H,33,36)/t28-/m1/s1. The normalized spacial score (nSPS) is 11.8. The molecule has 0 spiro atoms. The molecule has 3 rings (SSSR count). The highest BCUT2D eigenvalue weighted by Crippen LogP contribution is 2.28. The van der Waals surface area contributed by atoms with Gasteiger partial charge in [-0.25, -0.2) is 0 Å². The molecule has 0 radical (unpaired) electrons. The summed E-state index contributed by atoms with van der Waals surface area (Å²) in [5.41, 5.74) is 3.99. The maximum Gasteiger partial charge on any atom is 0.243 e. The molecular formula is C30H34Cl2N2O2S. The van der Waals surface area contributed by atoms with Crippen LogP contribution >= 0.6 is 35.0 Å². The predicted molar refractivity (Wildman–Crippen MR) is 156 cm³/mol. The number of thioether (sulfide) groups is 1. The van der Waals surface area contributed by atoms with Crippen molar-refractivity contribution in [3.63, 3.8) is 0 Å². The summed E-state index contributed by atoms with van der Waals surface area (Å²) in [5, 5.41) is 3.98. The average molecular weight is 558 g/mol. The molecule has 1 N–H and O–H groups in total. The molecule has 0 aliphatic heterocycles. The molecule has 0 bridgehead atoms. The van der Waals surface area contributed by atoms with E-state index in [4.69, 9.17) is 23.2 Å². The molecule has 2 amide bonds. The van der Waals surface area contributed by atoms with E-state index in [1.807, 2.05) is 56.3 Å². The highest BCUT2D eigenvalue weighted by molar-refractivity contribution is 7.99. The van der Waals surface area contributed by atoms with Gasteiger partial charge in [0.05, 0.1) is 5.75 Å². The predicted octanol–water partition coefficient (Wildman–Crippen LogP) is 6.95. The Bertz CT molecular complexity index is 1170. The first kappa shape index (κ1) is 29.1. The van der Waals surface area contributed by atoms with E-state index in [9.17, 15) is 9.59 Å². The molecule has 0 aliphatic rings. The number of amides is 2. The van der Waals surface area contributed by atoms with Gasteiger partial charge in [-0.15, -0.1) is 11.8 Å². The van der Waals surface area contributed by atoms with Crippen LogP contribution in [0.4, 0.5) is 0 Å². The Kier molecular flexibility index (Phi) is 11.4. The Morgan fingerprint density at radius 1 is 0.919 bits per heavy atom. The number of hydrogen-bond acceptors (Lipinski definition) is 3. The molecule has 4 nitrogen and oxygen atoms in total. The van der Waals surface area contributed by atoms with E-state index >= 15 is 0 Å². The molecule has 196 valence electrons. The van der Waals surface area contributed by atoms with Crippen LogP contribution in [-0.2, 0) is 28.3 Å². The lowest BCUT2D eigenvalue weighted by molar-refractivity contribution is -0.139. The van der Waals surface area contributed by atoms with E-state index in [1.54, 1.807) is 34.9 Å². The highest BCUT2D eigenvalue weighted by Gasteiger charge is 2.31. The molecule has 0 saturated heterocycles. The van der Waals surface area contributed by atoms with Gasteiger partial charge in [0, 0.05) is 40.9 Å². The minimum absolute atomic E-state index is 0.129. The number of nitrogens with zero attached hydrogens (tertiary/aromatic N) is 1. The molecule has 0 aliphatic carbocycles. The minimum Gasteiger partial charge on any atom is -0.354 e. The molecule has 37 heavy (non-hydrogen) atoms. The zero-order chi connectivity index (χ0) is 26.8. The van der Waals surface area contributed by atoms with Gasteiger partial charge in [-0.2, -0.15) is 0 Å². The first-order valence-corrected chi connectivity index (χ1v) is 14.3. The fourth-order valence-electron chi connectivity index (χ4n) is 3.93. The Labute approximate surface area is 234 Å². The fraction of sp³-hybridized carbons (Fsp3) is 0.333. The molecule has 0 aromatic heterocycles. The van der Waals surface area contributed by atoms with Crippen molar-refractivity contribution < 1.29 is 9.59 Å². The van der Waals surface area contributed by atoms with Crippen LogP contribution in [0.5, 0.6) is 0 Å². The Hall–Kier alpha value is -2.47. The van der Waals surface area contributed by atoms with E-state index < -0.39 is 6.04 Å². The Morgan fingerprint density at radius 3 is 2.22 bits per heavy atom. The molecule has 3 aromatic rings. The van der Waals surface area contributed by atoms with E-state index in [1.165, 1.54) is 11.1 Å². The summed E-state index contributed by atoms with van der Waals surface area (Å²) in [5.74, 6) is 0.919. The van der Waals surface area contributed by atoms with Crippen molar-refractivity contribution in [3.05, 3.63) is 105 Å². The number of hydrogen-bond donors (Lipinski definition) is 1. The van der Waals surface area contributed by atoms with Gasteiger partial charge in [-0.1, -0.05) is 97.7 Å². The third-order valence-corrected chi connectivity index (χ3v) is 7.76. The maximum absolute atomic E-state index is 13.8.